The monoisotopic (exact) mass is 467 g/mol. The van der Waals surface area contributed by atoms with E-state index in [4.69, 9.17) is 18.6 Å². The molecule has 0 unspecified atom stereocenters. The highest BCUT2D eigenvalue weighted by molar-refractivity contribution is 5.99. The summed E-state index contributed by atoms with van der Waals surface area (Å²) in [5.74, 6) is 1.16. The van der Waals surface area contributed by atoms with Crippen molar-refractivity contribution in [3.63, 3.8) is 0 Å². The summed E-state index contributed by atoms with van der Waals surface area (Å²) in [6, 6.07) is 9.96. The van der Waals surface area contributed by atoms with Crippen LogP contribution in [0.25, 0.3) is 11.0 Å². The molecule has 1 aliphatic heterocycles. The molecule has 8 heteroatoms. The molecule has 1 aromatic heterocycles. The number of hydrogen-bond acceptors (Lipinski definition) is 6. The van der Waals surface area contributed by atoms with Gasteiger partial charge in [0.15, 0.2) is 16.9 Å². The Balaban J connectivity index is 1.93. The molecule has 3 aromatic rings. The summed E-state index contributed by atoms with van der Waals surface area (Å²) >= 11 is 0. The summed E-state index contributed by atoms with van der Waals surface area (Å²) < 4.78 is 22.6. The number of likely N-dealkylation sites (N-methyl/N-ethyl adjacent to an activating group) is 1. The largest absolute Gasteiger partial charge is 0.493 e. The summed E-state index contributed by atoms with van der Waals surface area (Å²) in [5.41, 5.74) is 1.23. The van der Waals surface area contributed by atoms with Crippen molar-refractivity contribution in [2.45, 2.75) is 19.9 Å². The molecular formula is C26H31N2O6+. The Labute approximate surface area is 198 Å². The predicted molar refractivity (Wildman–Crippen MR) is 128 cm³/mol. The van der Waals surface area contributed by atoms with E-state index < -0.39 is 6.04 Å². The van der Waals surface area contributed by atoms with Crippen LogP contribution >= 0.6 is 0 Å². The van der Waals surface area contributed by atoms with Crippen LogP contribution in [-0.4, -0.2) is 58.3 Å². The molecule has 0 spiro atoms. The van der Waals surface area contributed by atoms with Gasteiger partial charge in [-0.3, -0.25) is 9.59 Å². The number of carbonyl (C=O) groups is 1. The van der Waals surface area contributed by atoms with Gasteiger partial charge >= 0.3 is 0 Å². The second-order valence-electron chi connectivity index (χ2n) is 8.24. The number of fused-ring (bicyclic) bond motifs is 2. The topological polar surface area (TPSA) is 82.7 Å². The Hall–Kier alpha value is -3.52. The number of benzene rings is 2. The van der Waals surface area contributed by atoms with Crippen molar-refractivity contribution in [2.75, 3.05) is 47.5 Å². The number of quaternary nitrogens is 1. The first kappa shape index (κ1) is 23.6. The third kappa shape index (κ3) is 3.88. The van der Waals surface area contributed by atoms with Crippen molar-refractivity contribution in [3.05, 3.63) is 63.5 Å². The zero-order chi connectivity index (χ0) is 24.4. The minimum Gasteiger partial charge on any atom is -0.493 e. The number of carbonyl (C=O) groups excluding carboxylic acids is 1. The van der Waals surface area contributed by atoms with Crippen molar-refractivity contribution in [3.8, 4) is 17.2 Å². The van der Waals surface area contributed by atoms with E-state index in [9.17, 15) is 9.59 Å². The molecule has 0 saturated heterocycles. The average Bonchev–Trinajstić information content (AvgIpc) is 3.15. The molecule has 8 nitrogen and oxygen atoms in total. The molecule has 2 aromatic carbocycles. The highest BCUT2D eigenvalue weighted by Crippen LogP contribution is 2.44. The van der Waals surface area contributed by atoms with Gasteiger partial charge in [0.2, 0.25) is 11.5 Å². The van der Waals surface area contributed by atoms with Crippen LogP contribution in [0, 0.1) is 0 Å². The highest BCUT2D eigenvalue weighted by Gasteiger charge is 2.43. The van der Waals surface area contributed by atoms with Crippen molar-refractivity contribution in [1.82, 2.24) is 4.90 Å². The van der Waals surface area contributed by atoms with Crippen LogP contribution in [0.5, 0.6) is 17.2 Å². The molecule has 0 aliphatic carbocycles. The zero-order valence-corrected chi connectivity index (χ0v) is 20.3. The zero-order valence-electron chi connectivity index (χ0n) is 20.3. The lowest BCUT2D eigenvalue weighted by Crippen LogP contribution is -3.12. The van der Waals surface area contributed by atoms with Crippen LogP contribution in [0.3, 0.4) is 0 Å². The molecule has 1 aliphatic rings. The van der Waals surface area contributed by atoms with Gasteiger partial charge in [-0.25, -0.2) is 0 Å². The van der Waals surface area contributed by atoms with Gasteiger partial charge in [0.05, 0.1) is 64.5 Å². The van der Waals surface area contributed by atoms with Crippen LogP contribution in [0.2, 0.25) is 0 Å². The van der Waals surface area contributed by atoms with Gasteiger partial charge in [-0.05, 0) is 43.7 Å². The lowest BCUT2D eigenvalue weighted by molar-refractivity contribution is -0.895. The molecule has 180 valence electrons. The molecule has 2 heterocycles. The Morgan fingerprint density at radius 3 is 2.21 bits per heavy atom. The molecule has 0 radical (unpaired) electrons. The summed E-state index contributed by atoms with van der Waals surface area (Å²) in [6.07, 6.45) is 0. The van der Waals surface area contributed by atoms with E-state index in [-0.39, 0.29) is 17.1 Å². The first-order valence-electron chi connectivity index (χ1n) is 11.5. The first-order chi connectivity index (χ1) is 16.5. The molecule has 34 heavy (non-hydrogen) atoms. The number of para-hydroxylation sites is 1. The van der Waals surface area contributed by atoms with Crippen LogP contribution in [0.1, 0.15) is 41.6 Å². The Kier molecular flexibility index (Phi) is 6.79. The lowest BCUT2D eigenvalue weighted by Gasteiger charge is -2.27. The maximum absolute atomic E-state index is 13.6. The fraction of sp³-hybridized carbons (Fsp3) is 0.385. The van der Waals surface area contributed by atoms with E-state index in [0.717, 1.165) is 19.6 Å². The smallest absolute Gasteiger partial charge is 0.291 e. The minimum atomic E-state index is -0.632. The summed E-state index contributed by atoms with van der Waals surface area (Å²) in [6.45, 7) is 7.35. The normalized spacial score (nSPS) is 15.2. The van der Waals surface area contributed by atoms with Crippen LogP contribution < -0.4 is 24.5 Å². The van der Waals surface area contributed by atoms with Crippen molar-refractivity contribution < 1.29 is 28.3 Å². The number of ether oxygens (including phenoxy) is 3. The Morgan fingerprint density at radius 2 is 1.62 bits per heavy atom. The van der Waals surface area contributed by atoms with Gasteiger partial charge in [-0.2, -0.15) is 0 Å². The molecule has 0 bridgehead atoms. The number of amides is 1. The van der Waals surface area contributed by atoms with Gasteiger partial charge in [0, 0.05) is 0 Å². The lowest BCUT2D eigenvalue weighted by atomic mass is 9.97. The number of rotatable bonds is 9. The maximum atomic E-state index is 13.6. The van der Waals surface area contributed by atoms with Crippen LogP contribution in [0.15, 0.2) is 45.6 Å². The highest BCUT2D eigenvalue weighted by atomic mass is 16.5. The third-order valence-electron chi connectivity index (χ3n) is 6.58. The van der Waals surface area contributed by atoms with Crippen molar-refractivity contribution in [1.29, 1.82) is 0 Å². The predicted octanol–water partition coefficient (Wildman–Crippen LogP) is 2.29. The number of nitrogens with one attached hydrogen (secondary N) is 1. The Bertz CT molecular complexity index is 1240. The van der Waals surface area contributed by atoms with E-state index in [2.05, 4.69) is 13.8 Å². The SMILES string of the molecule is CC[NH+](CC)CCN1C(=O)c2oc3ccccc3c(=O)c2[C@@H]1c1cc(OC)c(OC)c(OC)c1. The second-order valence-corrected chi connectivity index (χ2v) is 8.24. The van der Waals surface area contributed by atoms with Crippen molar-refractivity contribution in [2.24, 2.45) is 0 Å². The molecule has 4 rings (SSSR count). The van der Waals surface area contributed by atoms with Crippen LogP contribution in [-0.2, 0) is 0 Å². The third-order valence-corrected chi connectivity index (χ3v) is 6.58. The van der Waals surface area contributed by atoms with Crippen LogP contribution in [0.4, 0.5) is 0 Å². The second kappa shape index (κ2) is 9.77. The Morgan fingerprint density at radius 1 is 0.971 bits per heavy atom. The number of methoxy groups -OCH3 is 3. The average molecular weight is 468 g/mol. The molecule has 0 fully saturated rings. The fourth-order valence-corrected chi connectivity index (χ4v) is 4.69. The van der Waals surface area contributed by atoms with Gasteiger partial charge < -0.3 is 28.4 Å². The van der Waals surface area contributed by atoms with Gasteiger partial charge in [0.1, 0.15) is 5.58 Å². The summed E-state index contributed by atoms with van der Waals surface area (Å²) in [7, 11) is 4.62. The molecular weight excluding hydrogens is 436 g/mol. The van der Waals surface area contributed by atoms with E-state index in [1.54, 1.807) is 41.3 Å². The van der Waals surface area contributed by atoms with Gasteiger partial charge in [-0.1, -0.05) is 12.1 Å². The number of nitrogens with zero attached hydrogens (tertiary/aromatic N) is 1. The summed E-state index contributed by atoms with van der Waals surface area (Å²) in [4.78, 5) is 30.3. The van der Waals surface area contributed by atoms with Gasteiger partial charge in [-0.15, -0.1) is 0 Å². The van der Waals surface area contributed by atoms with E-state index in [0.29, 0.717) is 45.9 Å². The van der Waals surface area contributed by atoms with E-state index >= 15 is 0 Å². The standard InChI is InChI=1S/C26H30N2O6/c1-6-27(7-2)12-13-28-22(16-14-19(31-3)24(33-5)20(15-16)32-4)21-23(29)17-10-8-9-11-18(17)34-25(21)26(28)30/h8-11,14-15,22H,6-7,12-13H2,1-5H3/p+1/t22-/m0/s1. The summed E-state index contributed by atoms with van der Waals surface area (Å²) in [5, 5.41) is 0.447. The quantitative estimate of drug-likeness (QED) is 0.520. The van der Waals surface area contributed by atoms with Gasteiger partial charge in [0.25, 0.3) is 5.91 Å². The molecule has 0 saturated carbocycles. The maximum Gasteiger partial charge on any atom is 0.291 e. The van der Waals surface area contributed by atoms with E-state index in [1.807, 2.05) is 0 Å². The van der Waals surface area contributed by atoms with Crippen molar-refractivity contribution >= 4 is 16.9 Å². The minimum absolute atomic E-state index is 0.0944. The molecule has 1 amide bonds. The molecule has 1 atom stereocenters. The fourth-order valence-electron chi connectivity index (χ4n) is 4.69. The first-order valence-corrected chi connectivity index (χ1v) is 11.5. The molecule has 1 N–H and O–H groups in total. The van der Waals surface area contributed by atoms with E-state index in [1.165, 1.54) is 26.2 Å². The number of hydrogen-bond donors (Lipinski definition) is 1.